The minimum absolute atomic E-state index is 0.291. The van der Waals surface area contributed by atoms with Crippen molar-refractivity contribution in [1.29, 1.82) is 0 Å². The number of hydrogen-bond acceptors (Lipinski definition) is 3. The summed E-state index contributed by atoms with van der Waals surface area (Å²) in [6.07, 6.45) is 1.77. The molecule has 5 heteroatoms. The van der Waals surface area contributed by atoms with E-state index in [9.17, 15) is 14.4 Å². The van der Waals surface area contributed by atoms with Crippen LogP contribution in [0.25, 0.3) is 0 Å². The zero-order valence-corrected chi connectivity index (χ0v) is 10.6. The van der Waals surface area contributed by atoms with Crippen molar-refractivity contribution in [2.45, 2.75) is 18.4 Å². The lowest BCUT2D eigenvalue weighted by atomic mass is 10.1. The summed E-state index contributed by atoms with van der Waals surface area (Å²) in [7, 11) is 1.54. The Morgan fingerprint density at radius 2 is 1.94 bits per heavy atom. The third-order valence-electron chi connectivity index (χ3n) is 3.35. The van der Waals surface area contributed by atoms with Crippen LogP contribution in [0.4, 0.5) is 0 Å². The van der Waals surface area contributed by atoms with Gasteiger partial charge in [-0.05, 0) is 30.5 Å². The van der Waals surface area contributed by atoms with Gasteiger partial charge >= 0.3 is 0 Å². The second-order valence-corrected chi connectivity index (χ2v) is 4.72. The lowest BCUT2D eigenvalue weighted by molar-refractivity contribution is -0.116. The third-order valence-corrected chi connectivity index (χ3v) is 3.71. The monoisotopic (exact) mass is 265 g/mol. The summed E-state index contributed by atoms with van der Waals surface area (Å²) in [5.41, 5.74) is -0.277. The maximum atomic E-state index is 12.3. The van der Waals surface area contributed by atoms with Gasteiger partial charge in [-0.3, -0.25) is 14.4 Å². The van der Waals surface area contributed by atoms with Crippen molar-refractivity contribution in [1.82, 2.24) is 4.90 Å². The Balaban J connectivity index is 2.32. The third kappa shape index (κ3) is 1.93. The molecule has 0 aliphatic heterocycles. The molecule has 0 bridgehead atoms. The predicted molar refractivity (Wildman–Crippen MR) is 66.7 cm³/mol. The Morgan fingerprint density at radius 3 is 2.44 bits per heavy atom. The highest BCUT2D eigenvalue weighted by molar-refractivity contribution is 6.66. The highest BCUT2D eigenvalue weighted by Gasteiger charge is 2.54. The van der Waals surface area contributed by atoms with E-state index < -0.39 is 10.8 Å². The van der Waals surface area contributed by atoms with E-state index in [4.69, 9.17) is 11.6 Å². The maximum absolute atomic E-state index is 12.3. The molecule has 1 saturated carbocycles. The van der Waals surface area contributed by atoms with Crippen molar-refractivity contribution in [2.75, 3.05) is 7.05 Å². The lowest BCUT2D eigenvalue weighted by Gasteiger charge is -2.25. The number of carbonyl (C=O) groups excluding carboxylic acids is 3. The number of likely N-dealkylation sites (N-methyl/N-ethyl adjacent to an activating group) is 1. The molecule has 2 rings (SSSR count). The van der Waals surface area contributed by atoms with Crippen LogP contribution in [0.1, 0.15) is 33.6 Å². The van der Waals surface area contributed by atoms with Gasteiger partial charge in [0.25, 0.3) is 5.91 Å². The molecule has 0 radical (unpaired) electrons. The smallest absolute Gasteiger partial charge is 0.255 e. The minimum Gasteiger partial charge on any atom is -0.328 e. The second-order valence-electron chi connectivity index (χ2n) is 4.37. The molecule has 1 fully saturated rings. The Morgan fingerprint density at radius 1 is 1.33 bits per heavy atom. The van der Waals surface area contributed by atoms with Crippen LogP contribution in [-0.2, 0) is 4.79 Å². The topological polar surface area (TPSA) is 54.5 Å². The Kier molecular flexibility index (Phi) is 3.22. The summed E-state index contributed by atoms with van der Waals surface area (Å²) >= 11 is 5.53. The van der Waals surface area contributed by atoms with E-state index in [1.165, 1.54) is 11.9 Å². The van der Waals surface area contributed by atoms with Crippen LogP contribution in [0, 0.1) is 0 Å². The Hall–Kier alpha value is -1.68. The van der Waals surface area contributed by atoms with Gasteiger partial charge < -0.3 is 4.90 Å². The molecule has 1 amide bonds. The van der Waals surface area contributed by atoms with Gasteiger partial charge in [-0.15, -0.1) is 0 Å². The lowest BCUT2D eigenvalue weighted by Crippen LogP contribution is -2.43. The van der Waals surface area contributed by atoms with Crippen molar-refractivity contribution in [3.05, 3.63) is 35.4 Å². The molecule has 1 aromatic rings. The average Bonchev–Trinajstić information content (AvgIpc) is 3.18. The quantitative estimate of drug-likeness (QED) is 0.617. The molecule has 94 valence electrons. The number of rotatable bonds is 4. The van der Waals surface area contributed by atoms with Crippen molar-refractivity contribution < 1.29 is 14.4 Å². The summed E-state index contributed by atoms with van der Waals surface area (Å²) in [4.78, 5) is 35.9. The summed E-state index contributed by atoms with van der Waals surface area (Å²) in [5.74, 6) is -0.357. The van der Waals surface area contributed by atoms with Gasteiger partial charge in [0, 0.05) is 12.6 Å². The summed E-state index contributed by atoms with van der Waals surface area (Å²) in [6, 6.07) is 6.49. The SMILES string of the molecule is CN(C(=O)c1ccccc1C=O)C1(C(=O)Cl)CC1. The molecule has 0 aromatic heterocycles. The molecule has 0 unspecified atom stereocenters. The van der Waals surface area contributed by atoms with Crippen LogP contribution in [-0.4, -0.2) is 34.9 Å². The maximum Gasteiger partial charge on any atom is 0.255 e. The zero-order chi connectivity index (χ0) is 13.3. The molecule has 0 spiro atoms. The Labute approximate surface area is 110 Å². The van der Waals surface area contributed by atoms with E-state index in [2.05, 4.69) is 0 Å². The molecule has 1 aromatic carbocycles. The van der Waals surface area contributed by atoms with Crippen molar-refractivity contribution >= 4 is 29.0 Å². The first-order chi connectivity index (χ1) is 8.53. The van der Waals surface area contributed by atoms with Crippen molar-refractivity contribution in [3.63, 3.8) is 0 Å². The second kappa shape index (κ2) is 4.53. The summed E-state index contributed by atoms with van der Waals surface area (Å²) < 4.78 is 0. The highest BCUT2D eigenvalue weighted by atomic mass is 35.5. The van der Waals surface area contributed by atoms with Crippen LogP contribution in [0.3, 0.4) is 0 Å². The first kappa shape index (κ1) is 12.8. The predicted octanol–water partition coefficient (Wildman–Crippen LogP) is 1.87. The van der Waals surface area contributed by atoms with Crippen LogP contribution >= 0.6 is 11.6 Å². The zero-order valence-electron chi connectivity index (χ0n) is 9.85. The molecule has 4 nitrogen and oxygen atoms in total. The van der Waals surface area contributed by atoms with E-state index in [0.717, 1.165) is 0 Å². The van der Waals surface area contributed by atoms with E-state index in [-0.39, 0.29) is 5.91 Å². The highest BCUT2D eigenvalue weighted by Crippen LogP contribution is 2.43. The first-order valence-corrected chi connectivity index (χ1v) is 5.93. The molecule has 1 aliphatic carbocycles. The van der Waals surface area contributed by atoms with Crippen molar-refractivity contribution in [2.24, 2.45) is 0 Å². The normalized spacial score (nSPS) is 15.9. The molecule has 0 N–H and O–H groups in total. The standard InChI is InChI=1S/C13H12ClNO3/c1-15(13(6-7-13)12(14)18)11(17)10-5-3-2-4-9(10)8-16/h2-5,8H,6-7H2,1H3. The van der Waals surface area contributed by atoms with Gasteiger partial charge in [0.1, 0.15) is 5.54 Å². The van der Waals surface area contributed by atoms with E-state index >= 15 is 0 Å². The van der Waals surface area contributed by atoms with E-state index in [0.29, 0.717) is 30.3 Å². The van der Waals surface area contributed by atoms with Crippen LogP contribution < -0.4 is 0 Å². The van der Waals surface area contributed by atoms with E-state index in [1.54, 1.807) is 24.3 Å². The largest absolute Gasteiger partial charge is 0.328 e. The fourth-order valence-corrected chi connectivity index (χ4v) is 2.27. The van der Waals surface area contributed by atoms with Crippen molar-refractivity contribution in [3.8, 4) is 0 Å². The number of hydrogen-bond donors (Lipinski definition) is 0. The minimum atomic E-state index is -0.880. The molecular weight excluding hydrogens is 254 g/mol. The van der Waals surface area contributed by atoms with Gasteiger partial charge in [0.2, 0.25) is 5.24 Å². The summed E-state index contributed by atoms with van der Waals surface area (Å²) in [6.45, 7) is 0. The number of benzene rings is 1. The number of halogens is 1. The number of nitrogens with zero attached hydrogens (tertiary/aromatic N) is 1. The van der Waals surface area contributed by atoms with Crippen LogP contribution in [0.15, 0.2) is 24.3 Å². The summed E-state index contributed by atoms with van der Waals surface area (Å²) in [5, 5.41) is -0.526. The van der Waals surface area contributed by atoms with Gasteiger partial charge in [-0.1, -0.05) is 18.2 Å². The average molecular weight is 266 g/mol. The molecule has 0 heterocycles. The first-order valence-electron chi connectivity index (χ1n) is 5.55. The molecule has 0 saturated heterocycles. The van der Waals surface area contributed by atoms with Gasteiger partial charge in [0.15, 0.2) is 6.29 Å². The Bertz CT molecular complexity index is 523. The molecule has 0 atom stereocenters. The van der Waals surface area contributed by atoms with Gasteiger partial charge in [-0.25, -0.2) is 0 Å². The fraction of sp³-hybridized carbons (Fsp3) is 0.308. The number of aldehydes is 1. The number of carbonyl (C=O) groups is 3. The van der Waals surface area contributed by atoms with E-state index in [1.807, 2.05) is 0 Å². The molecule has 1 aliphatic rings. The number of amides is 1. The molecule has 18 heavy (non-hydrogen) atoms. The fourth-order valence-electron chi connectivity index (χ4n) is 1.95. The van der Waals surface area contributed by atoms with Crippen LogP contribution in [0.2, 0.25) is 0 Å². The van der Waals surface area contributed by atoms with Gasteiger partial charge in [0.05, 0.1) is 5.56 Å². The molecular formula is C13H12ClNO3. The van der Waals surface area contributed by atoms with Crippen LogP contribution in [0.5, 0.6) is 0 Å². The van der Waals surface area contributed by atoms with Gasteiger partial charge in [-0.2, -0.15) is 0 Å².